The molecule has 1 aliphatic carbocycles. The summed E-state index contributed by atoms with van der Waals surface area (Å²) in [5, 5.41) is 14.0. The fourth-order valence-electron chi connectivity index (χ4n) is 3.70. The van der Waals surface area contributed by atoms with E-state index in [1.54, 1.807) is 0 Å². The SMILES string of the molecule is O=C(CN1C(=O)c2cccc([N+](=O)[O-])c2C1=O)N[C@H]1CCc2ccccc21. The van der Waals surface area contributed by atoms with Crippen LogP contribution in [0.5, 0.6) is 0 Å². The number of carbonyl (C=O) groups is 3. The lowest BCUT2D eigenvalue weighted by atomic mass is 10.1. The number of amides is 3. The summed E-state index contributed by atoms with van der Waals surface area (Å²) in [5.41, 5.74) is 1.46. The van der Waals surface area contributed by atoms with E-state index in [9.17, 15) is 24.5 Å². The van der Waals surface area contributed by atoms with Gasteiger partial charge in [0.05, 0.1) is 16.5 Å². The molecule has 8 nitrogen and oxygen atoms in total. The van der Waals surface area contributed by atoms with E-state index in [2.05, 4.69) is 5.32 Å². The van der Waals surface area contributed by atoms with Crippen molar-refractivity contribution in [3.05, 3.63) is 74.8 Å². The van der Waals surface area contributed by atoms with E-state index in [0.29, 0.717) is 0 Å². The van der Waals surface area contributed by atoms with Crippen LogP contribution in [0.1, 0.15) is 44.3 Å². The zero-order valence-electron chi connectivity index (χ0n) is 14.2. The number of nitrogens with one attached hydrogen (secondary N) is 1. The Bertz CT molecular complexity index is 1000. The van der Waals surface area contributed by atoms with Gasteiger partial charge in [-0.05, 0) is 30.0 Å². The highest BCUT2D eigenvalue weighted by atomic mass is 16.6. The number of hydrogen-bond donors (Lipinski definition) is 1. The van der Waals surface area contributed by atoms with Gasteiger partial charge in [-0.15, -0.1) is 0 Å². The number of fused-ring (bicyclic) bond motifs is 2. The van der Waals surface area contributed by atoms with Crippen molar-refractivity contribution in [3.8, 4) is 0 Å². The molecule has 0 saturated heterocycles. The number of nitrogens with zero attached hydrogens (tertiary/aromatic N) is 2. The average Bonchev–Trinajstić information content (AvgIpc) is 3.16. The number of nitro benzene ring substituents is 1. The number of hydrogen-bond acceptors (Lipinski definition) is 5. The maximum absolute atomic E-state index is 12.5. The van der Waals surface area contributed by atoms with Crippen LogP contribution in [0.2, 0.25) is 0 Å². The third kappa shape index (κ3) is 2.75. The van der Waals surface area contributed by atoms with Gasteiger partial charge >= 0.3 is 0 Å². The lowest BCUT2D eigenvalue weighted by Crippen LogP contribution is -2.41. The topological polar surface area (TPSA) is 110 Å². The summed E-state index contributed by atoms with van der Waals surface area (Å²) in [6.45, 7) is -0.470. The van der Waals surface area contributed by atoms with Crippen LogP contribution in [0.15, 0.2) is 42.5 Å². The van der Waals surface area contributed by atoms with Gasteiger partial charge in [0.1, 0.15) is 12.1 Å². The van der Waals surface area contributed by atoms with E-state index in [4.69, 9.17) is 0 Å². The standard InChI is InChI=1S/C19H15N3O5/c23-16(20-14-9-8-11-4-1-2-5-12(11)14)10-21-18(24)13-6-3-7-15(22(26)27)17(13)19(21)25/h1-7,14H,8-10H2,(H,20,23)/t14-/m0/s1. The van der Waals surface area contributed by atoms with Crippen LogP contribution in [0.3, 0.4) is 0 Å². The molecular weight excluding hydrogens is 350 g/mol. The van der Waals surface area contributed by atoms with Crippen LogP contribution in [0.4, 0.5) is 5.69 Å². The van der Waals surface area contributed by atoms with Crippen molar-refractivity contribution in [2.45, 2.75) is 18.9 Å². The number of rotatable bonds is 4. The van der Waals surface area contributed by atoms with E-state index in [1.807, 2.05) is 24.3 Å². The second-order valence-corrected chi connectivity index (χ2v) is 6.51. The molecule has 0 unspecified atom stereocenters. The molecule has 0 spiro atoms. The Hall–Kier alpha value is -3.55. The minimum Gasteiger partial charge on any atom is -0.348 e. The summed E-state index contributed by atoms with van der Waals surface area (Å²) >= 11 is 0. The number of benzene rings is 2. The van der Waals surface area contributed by atoms with Gasteiger partial charge in [0.25, 0.3) is 17.5 Å². The van der Waals surface area contributed by atoms with Crippen molar-refractivity contribution in [1.29, 1.82) is 0 Å². The Morgan fingerprint density at radius 1 is 1.15 bits per heavy atom. The van der Waals surface area contributed by atoms with Crippen molar-refractivity contribution in [2.75, 3.05) is 6.54 Å². The molecule has 0 radical (unpaired) electrons. The lowest BCUT2D eigenvalue weighted by molar-refractivity contribution is -0.385. The number of nitro groups is 1. The molecule has 0 aromatic heterocycles. The maximum atomic E-state index is 12.5. The molecule has 8 heteroatoms. The first-order chi connectivity index (χ1) is 13.0. The molecule has 1 N–H and O–H groups in total. The normalized spacial score (nSPS) is 17.6. The van der Waals surface area contributed by atoms with Gasteiger partial charge in [0, 0.05) is 6.07 Å². The van der Waals surface area contributed by atoms with Crippen molar-refractivity contribution in [3.63, 3.8) is 0 Å². The maximum Gasteiger partial charge on any atom is 0.282 e. The van der Waals surface area contributed by atoms with Crippen LogP contribution in [-0.4, -0.2) is 34.1 Å². The third-order valence-electron chi connectivity index (χ3n) is 4.94. The molecule has 2 aliphatic rings. The molecule has 3 amide bonds. The van der Waals surface area contributed by atoms with Crippen molar-refractivity contribution in [2.24, 2.45) is 0 Å². The Kier molecular flexibility index (Phi) is 3.95. The van der Waals surface area contributed by atoms with Crippen LogP contribution in [-0.2, 0) is 11.2 Å². The van der Waals surface area contributed by atoms with Crippen LogP contribution in [0.25, 0.3) is 0 Å². The minimum atomic E-state index is -0.815. The molecule has 27 heavy (non-hydrogen) atoms. The number of carbonyl (C=O) groups excluding carboxylic acids is 3. The largest absolute Gasteiger partial charge is 0.348 e. The summed E-state index contributed by atoms with van der Waals surface area (Å²) in [4.78, 5) is 48.6. The predicted octanol–water partition coefficient (Wildman–Crippen LogP) is 1.99. The molecule has 1 aliphatic heterocycles. The second kappa shape index (κ2) is 6.31. The van der Waals surface area contributed by atoms with E-state index in [1.165, 1.54) is 23.8 Å². The first-order valence-electron chi connectivity index (χ1n) is 8.48. The second-order valence-electron chi connectivity index (χ2n) is 6.51. The zero-order valence-corrected chi connectivity index (χ0v) is 14.2. The van der Waals surface area contributed by atoms with Crippen LogP contribution in [0, 0.1) is 10.1 Å². The summed E-state index contributed by atoms with van der Waals surface area (Å²) in [6, 6.07) is 11.5. The van der Waals surface area contributed by atoms with E-state index < -0.39 is 34.9 Å². The minimum absolute atomic E-state index is 0.0480. The van der Waals surface area contributed by atoms with Crippen molar-refractivity contribution in [1.82, 2.24) is 10.2 Å². The zero-order chi connectivity index (χ0) is 19.1. The summed E-state index contributed by atoms with van der Waals surface area (Å²) in [6.07, 6.45) is 1.60. The number of imide groups is 1. The molecule has 0 bridgehead atoms. The monoisotopic (exact) mass is 365 g/mol. The van der Waals surface area contributed by atoms with Gasteiger partial charge in [-0.3, -0.25) is 29.4 Å². The highest BCUT2D eigenvalue weighted by molar-refractivity contribution is 6.24. The number of aryl methyl sites for hydroxylation is 1. The molecule has 0 saturated carbocycles. The lowest BCUT2D eigenvalue weighted by Gasteiger charge is -2.17. The first-order valence-corrected chi connectivity index (χ1v) is 8.48. The van der Waals surface area contributed by atoms with Gasteiger partial charge in [-0.2, -0.15) is 0 Å². The molecule has 0 fully saturated rings. The Morgan fingerprint density at radius 2 is 1.93 bits per heavy atom. The Labute approximate surface area is 153 Å². The van der Waals surface area contributed by atoms with Gasteiger partial charge < -0.3 is 5.32 Å². The van der Waals surface area contributed by atoms with Gasteiger partial charge in [-0.25, -0.2) is 0 Å². The van der Waals surface area contributed by atoms with Gasteiger partial charge in [0.15, 0.2) is 0 Å². The Balaban J connectivity index is 1.51. The fraction of sp³-hybridized carbons (Fsp3) is 0.211. The highest BCUT2D eigenvalue weighted by Crippen LogP contribution is 2.32. The first kappa shape index (κ1) is 16.9. The predicted molar refractivity (Wildman–Crippen MR) is 94.1 cm³/mol. The molecule has 2 aromatic carbocycles. The molecule has 2 aromatic rings. The molecule has 1 heterocycles. The quantitative estimate of drug-likeness (QED) is 0.506. The highest BCUT2D eigenvalue weighted by Gasteiger charge is 2.41. The molecule has 1 atom stereocenters. The molecule has 4 rings (SSSR count). The van der Waals surface area contributed by atoms with E-state index in [-0.39, 0.29) is 17.2 Å². The van der Waals surface area contributed by atoms with Gasteiger partial charge in [-0.1, -0.05) is 30.3 Å². The summed E-state index contributed by atoms with van der Waals surface area (Å²) in [7, 11) is 0. The van der Waals surface area contributed by atoms with Crippen LogP contribution < -0.4 is 5.32 Å². The van der Waals surface area contributed by atoms with E-state index in [0.717, 1.165) is 23.3 Å². The smallest absolute Gasteiger partial charge is 0.282 e. The van der Waals surface area contributed by atoms with Gasteiger partial charge in [0.2, 0.25) is 5.91 Å². The summed E-state index contributed by atoms with van der Waals surface area (Å²) in [5.74, 6) is -1.99. The van der Waals surface area contributed by atoms with Crippen LogP contribution >= 0.6 is 0 Å². The van der Waals surface area contributed by atoms with E-state index >= 15 is 0 Å². The summed E-state index contributed by atoms with van der Waals surface area (Å²) < 4.78 is 0. The Morgan fingerprint density at radius 3 is 2.70 bits per heavy atom. The molecular formula is C19H15N3O5. The fourth-order valence-corrected chi connectivity index (χ4v) is 3.70. The average molecular weight is 365 g/mol. The molecule has 136 valence electrons. The third-order valence-corrected chi connectivity index (χ3v) is 4.94. The van der Waals surface area contributed by atoms with Crippen molar-refractivity contribution < 1.29 is 19.3 Å². The van der Waals surface area contributed by atoms with Crippen molar-refractivity contribution >= 4 is 23.4 Å².